The highest BCUT2D eigenvalue weighted by Gasteiger charge is 2.18. The van der Waals surface area contributed by atoms with Gasteiger partial charge >= 0.3 is 5.97 Å². The van der Waals surface area contributed by atoms with Crippen molar-refractivity contribution in [1.82, 2.24) is 5.32 Å². The standard InChI is InChI=1S/C15H21NO5S/c1-12(15(18)19)10-16-14(17)11-22(20,21)9-5-8-13-6-3-2-4-7-13/h2-4,6-7,12H,5,8-11H2,1H3,(H,16,17)(H,18,19). The lowest BCUT2D eigenvalue weighted by Gasteiger charge is -2.09. The average molecular weight is 327 g/mol. The maximum absolute atomic E-state index is 11.8. The summed E-state index contributed by atoms with van der Waals surface area (Å²) in [7, 11) is -3.48. The van der Waals surface area contributed by atoms with Crippen molar-refractivity contribution in [3.05, 3.63) is 35.9 Å². The summed E-state index contributed by atoms with van der Waals surface area (Å²) in [6.45, 7) is 1.37. The third-order valence-electron chi connectivity index (χ3n) is 3.14. The van der Waals surface area contributed by atoms with E-state index in [-0.39, 0.29) is 12.3 Å². The summed E-state index contributed by atoms with van der Waals surface area (Å²) in [4.78, 5) is 22.1. The van der Waals surface area contributed by atoms with Crippen molar-refractivity contribution in [2.24, 2.45) is 5.92 Å². The molecule has 0 heterocycles. The summed E-state index contributed by atoms with van der Waals surface area (Å²) in [5.41, 5.74) is 1.05. The highest BCUT2D eigenvalue weighted by atomic mass is 32.2. The summed E-state index contributed by atoms with van der Waals surface area (Å²) in [6.07, 6.45) is 1.09. The molecule has 0 aliphatic heterocycles. The van der Waals surface area contributed by atoms with Gasteiger partial charge in [0.2, 0.25) is 5.91 Å². The van der Waals surface area contributed by atoms with Crippen LogP contribution in [0, 0.1) is 5.92 Å². The van der Waals surface area contributed by atoms with Crippen molar-refractivity contribution in [2.45, 2.75) is 19.8 Å². The average Bonchev–Trinajstić information content (AvgIpc) is 2.45. The third-order valence-corrected chi connectivity index (χ3v) is 4.75. The number of sulfone groups is 1. The molecule has 7 heteroatoms. The number of carbonyl (C=O) groups is 2. The Morgan fingerprint density at radius 2 is 1.86 bits per heavy atom. The van der Waals surface area contributed by atoms with Gasteiger partial charge in [-0.15, -0.1) is 0 Å². The smallest absolute Gasteiger partial charge is 0.308 e. The van der Waals surface area contributed by atoms with E-state index in [1.165, 1.54) is 6.92 Å². The number of carboxylic acid groups (broad SMARTS) is 1. The van der Waals surface area contributed by atoms with Crippen molar-refractivity contribution in [2.75, 3.05) is 18.1 Å². The lowest BCUT2D eigenvalue weighted by molar-refractivity contribution is -0.141. The van der Waals surface area contributed by atoms with E-state index in [9.17, 15) is 18.0 Å². The number of hydrogen-bond acceptors (Lipinski definition) is 4. The van der Waals surface area contributed by atoms with E-state index in [1.54, 1.807) is 0 Å². The second kappa shape index (κ2) is 8.53. The van der Waals surface area contributed by atoms with Crippen molar-refractivity contribution in [1.29, 1.82) is 0 Å². The summed E-state index contributed by atoms with van der Waals surface area (Å²) in [6, 6.07) is 9.52. The van der Waals surface area contributed by atoms with Crippen LogP contribution in [0.2, 0.25) is 0 Å². The van der Waals surface area contributed by atoms with Gasteiger partial charge in [-0.3, -0.25) is 9.59 Å². The van der Waals surface area contributed by atoms with Crippen LogP contribution in [-0.2, 0) is 25.8 Å². The van der Waals surface area contributed by atoms with Gasteiger partial charge < -0.3 is 10.4 Å². The van der Waals surface area contributed by atoms with Gasteiger partial charge in [-0.2, -0.15) is 0 Å². The van der Waals surface area contributed by atoms with Crippen LogP contribution in [0.4, 0.5) is 0 Å². The lowest BCUT2D eigenvalue weighted by atomic mass is 10.1. The van der Waals surface area contributed by atoms with Gasteiger partial charge in [-0.25, -0.2) is 8.42 Å². The number of rotatable bonds is 9. The van der Waals surface area contributed by atoms with E-state index in [0.29, 0.717) is 12.8 Å². The van der Waals surface area contributed by atoms with Gasteiger partial charge in [0, 0.05) is 6.54 Å². The Kier molecular flexibility index (Phi) is 7.04. The molecule has 0 aliphatic rings. The first kappa shape index (κ1) is 18.2. The zero-order chi connectivity index (χ0) is 16.6. The molecule has 1 amide bonds. The first-order valence-corrected chi connectivity index (χ1v) is 8.86. The number of carboxylic acids is 1. The number of carbonyl (C=O) groups excluding carboxylic acids is 1. The lowest BCUT2D eigenvalue weighted by Crippen LogP contribution is -2.36. The molecule has 6 nitrogen and oxygen atoms in total. The van der Waals surface area contributed by atoms with Crippen LogP contribution >= 0.6 is 0 Å². The van der Waals surface area contributed by atoms with Gasteiger partial charge in [-0.1, -0.05) is 37.3 Å². The van der Waals surface area contributed by atoms with Crippen molar-refractivity contribution >= 4 is 21.7 Å². The summed E-state index contributed by atoms with van der Waals surface area (Å²) in [5.74, 6) is -3.11. The Balaban J connectivity index is 2.34. The quantitative estimate of drug-likeness (QED) is 0.701. The minimum absolute atomic E-state index is 0.0657. The predicted molar refractivity (Wildman–Crippen MR) is 83.2 cm³/mol. The zero-order valence-corrected chi connectivity index (χ0v) is 13.3. The Morgan fingerprint density at radius 1 is 1.23 bits per heavy atom. The number of hydrogen-bond donors (Lipinski definition) is 2. The highest BCUT2D eigenvalue weighted by Crippen LogP contribution is 2.04. The fraction of sp³-hybridized carbons (Fsp3) is 0.467. The van der Waals surface area contributed by atoms with E-state index < -0.39 is 33.4 Å². The second-order valence-electron chi connectivity index (χ2n) is 5.22. The first-order chi connectivity index (χ1) is 10.3. The van der Waals surface area contributed by atoms with E-state index in [4.69, 9.17) is 5.11 Å². The first-order valence-electron chi connectivity index (χ1n) is 7.04. The minimum Gasteiger partial charge on any atom is -0.481 e. The monoisotopic (exact) mass is 327 g/mol. The van der Waals surface area contributed by atoms with Crippen LogP contribution in [0.25, 0.3) is 0 Å². The van der Waals surface area contributed by atoms with Crippen LogP contribution < -0.4 is 5.32 Å². The SMILES string of the molecule is CC(CNC(=O)CS(=O)(=O)CCCc1ccccc1)C(=O)O. The number of aliphatic carboxylic acids is 1. The Hall–Kier alpha value is -1.89. The van der Waals surface area contributed by atoms with Crippen LogP contribution in [0.3, 0.4) is 0 Å². The van der Waals surface area contributed by atoms with E-state index >= 15 is 0 Å². The molecule has 1 atom stereocenters. The maximum atomic E-state index is 11.8. The number of benzene rings is 1. The molecule has 1 unspecified atom stereocenters. The fourth-order valence-corrected chi connectivity index (χ4v) is 3.05. The van der Waals surface area contributed by atoms with Gasteiger partial charge in [0.25, 0.3) is 0 Å². The molecule has 0 saturated heterocycles. The number of nitrogens with one attached hydrogen (secondary N) is 1. The summed E-state index contributed by atoms with van der Waals surface area (Å²) in [5, 5.41) is 11.0. The Labute approximate surface area is 130 Å². The molecule has 0 saturated carbocycles. The normalized spacial score (nSPS) is 12.6. The molecule has 2 N–H and O–H groups in total. The molecule has 0 spiro atoms. The van der Waals surface area contributed by atoms with Crippen LogP contribution in [-0.4, -0.2) is 43.5 Å². The highest BCUT2D eigenvalue weighted by molar-refractivity contribution is 7.92. The molecule has 22 heavy (non-hydrogen) atoms. The van der Waals surface area contributed by atoms with Gasteiger partial charge in [0.1, 0.15) is 5.75 Å². The summed E-state index contributed by atoms with van der Waals surface area (Å²) < 4.78 is 23.7. The maximum Gasteiger partial charge on any atom is 0.308 e. The van der Waals surface area contributed by atoms with Crippen LogP contribution in [0.1, 0.15) is 18.9 Å². The van der Waals surface area contributed by atoms with Gasteiger partial charge in [0.05, 0.1) is 11.7 Å². The number of amides is 1. The molecule has 0 bridgehead atoms. The fourth-order valence-electron chi connectivity index (χ4n) is 1.82. The number of aryl methyl sites for hydroxylation is 1. The van der Waals surface area contributed by atoms with E-state index in [0.717, 1.165) is 5.56 Å². The molecule has 0 aliphatic carbocycles. The topological polar surface area (TPSA) is 101 Å². The molecule has 0 fully saturated rings. The van der Waals surface area contributed by atoms with E-state index in [2.05, 4.69) is 5.32 Å². The zero-order valence-electron chi connectivity index (χ0n) is 12.5. The van der Waals surface area contributed by atoms with E-state index in [1.807, 2.05) is 30.3 Å². The van der Waals surface area contributed by atoms with Gasteiger partial charge in [0.15, 0.2) is 9.84 Å². The third kappa shape index (κ3) is 7.21. The summed E-state index contributed by atoms with van der Waals surface area (Å²) >= 11 is 0. The molecular weight excluding hydrogens is 306 g/mol. The predicted octanol–water partition coefficient (Wildman–Crippen LogP) is 0.871. The molecular formula is C15H21NO5S. The molecule has 1 aromatic carbocycles. The molecule has 0 aromatic heterocycles. The Bertz CT molecular complexity index is 598. The largest absolute Gasteiger partial charge is 0.481 e. The van der Waals surface area contributed by atoms with Crippen LogP contribution in [0.5, 0.6) is 0 Å². The molecule has 1 rings (SSSR count). The minimum atomic E-state index is -3.48. The van der Waals surface area contributed by atoms with Crippen LogP contribution in [0.15, 0.2) is 30.3 Å². The second-order valence-corrected chi connectivity index (χ2v) is 7.41. The van der Waals surface area contributed by atoms with Crippen molar-refractivity contribution < 1.29 is 23.1 Å². The van der Waals surface area contributed by atoms with Gasteiger partial charge in [-0.05, 0) is 18.4 Å². The molecule has 122 valence electrons. The Morgan fingerprint density at radius 3 is 2.45 bits per heavy atom. The van der Waals surface area contributed by atoms with Crippen molar-refractivity contribution in [3.63, 3.8) is 0 Å². The molecule has 1 aromatic rings. The van der Waals surface area contributed by atoms with Crippen molar-refractivity contribution in [3.8, 4) is 0 Å². The molecule has 0 radical (unpaired) electrons.